The Hall–Kier alpha value is -3.88. The number of hydrogen-bond acceptors (Lipinski definition) is 7. The zero-order valence-electron chi connectivity index (χ0n) is 21.8. The van der Waals surface area contributed by atoms with Crippen molar-refractivity contribution in [2.24, 2.45) is 5.92 Å². The van der Waals surface area contributed by atoms with E-state index in [1.807, 2.05) is 41.3 Å². The van der Waals surface area contributed by atoms with Gasteiger partial charge in [0.15, 0.2) is 11.6 Å². The van der Waals surface area contributed by atoms with Crippen molar-refractivity contribution in [3.8, 4) is 17.0 Å². The van der Waals surface area contributed by atoms with Crippen LogP contribution in [0.5, 0.6) is 5.75 Å². The van der Waals surface area contributed by atoms with Crippen LogP contribution in [-0.2, 0) is 4.79 Å². The first kappa shape index (κ1) is 26.2. The molecule has 1 aliphatic rings. The van der Waals surface area contributed by atoms with Gasteiger partial charge in [0, 0.05) is 38.3 Å². The van der Waals surface area contributed by atoms with E-state index >= 15 is 0 Å². The van der Waals surface area contributed by atoms with E-state index in [1.165, 1.54) is 6.26 Å². The van der Waals surface area contributed by atoms with Gasteiger partial charge < -0.3 is 23.9 Å². The number of benzene rings is 1. The van der Waals surface area contributed by atoms with E-state index in [4.69, 9.17) is 9.15 Å². The highest BCUT2D eigenvalue weighted by atomic mass is 16.5. The van der Waals surface area contributed by atoms with Crippen LogP contribution in [0.4, 0.5) is 5.82 Å². The second kappa shape index (κ2) is 12.4. The van der Waals surface area contributed by atoms with Crippen LogP contribution >= 0.6 is 0 Å². The normalized spacial score (nSPS) is 14.7. The number of carbonyl (C=O) groups excluding carboxylic acids is 2. The molecule has 2 amide bonds. The summed E-state index contributed by atoms with van der Waals surface area (Å²) in [5.41, 5.74) is 1.72. The van der Waals surface area contributed by atoms with Gasteiger partial charge in [-0.05, 0) is 48.7 Å². The molecule has 3 aromatic rings. The minimum atomic E-state index is -0.249. The molecule has 0 saturated carbocycles. The van der Waals surface area contributed by atoms with Crippen LogP contribution in [0, 0.1) is 5.92 Å². The van der Waals surface area contributed by atoms with Gasteiger partial charge in [0.25, 0.3) is 5.91 Å². The molecule has 1 fully saturated rings. The second-order valence-electron chi connectivity index (χ2n) is 9.41. The zero-order chi connectivity index (χ0) is 26.2. The lowest BCUT2D eigenvalue weighted by molar-refractivity contribution is -0.131. The summed E-state index contributed by atoms with van der Waals surface area (Å²) in [5.74, 6) is 1.80. The largest absolute Gasteiger partial charge is 0.497 e. The Labute approximate surface area is 218 Å². The highest BCUT2D eigenvalue weighted by Crippen LogP contribution is 2.23. The average molecular weight is 506 g/mol. The maximum atomic E-state index is 13.2. The summed E-state index contributed by atoms with van der Waals surface area (Å²) in [7, 11) is 1.64. The lowest BCUT2D eigenvalue weighted by atomic mass is 10.1. The Morgan fingerprint density at radius 3 is 2.65 bits per heavy atom. The van der Waals surface area contributed by atoms with Crippen LogP contribution in [0.3, 0.4) is 0 Å². The van der Waals surface area contributed by atoms with E-state index < -0.39 is 0 Å². The molecule has 0 unspecified atom stereocenters. The summed E-state index contributed by atoms with van der Waals surface area (Å²) in [6.07, 6.45) is 3.21. The van der Waals surface area contributed by atoms with Gasteiger partial charge in [-0.2, -0.15) is 0 Å². The van der Waals surface area contributed by atoms with Crippen molar-refractivity contribution < 1.29 is 18.7 Å². The predicted octanol–water partition coefficient (Wildman–Crippen LogP) is 3.97. The quantitative estimate of drug-likeness (QED) is 0.434. The molecule has 196 valence electrons. The zero-order valence-corrected chi connectivity index (χ0v) is 21.8. The highest BCUT2D eigenvalue weighted by molar-refractivity contribution is 5.94. The van der Waals surface area contributed by atoms with Crippen LogP contribution in [0.1, 0.15) is 37.2 Å². The van der Waals surface area contributed by atoms with Crippen molar-refractivity contribution in [3.05, 3.63) is 60.6 Å². The van der Waals surface area contributed by atoms with Crippen molar-refractivity contribution in [1.82, 2.24) is 20.0 Å². The van der Waals surface area contributed by atoms with E-state index in [2.05, 4.69) is 28.9 Å². The van der Waals surface area contributed by atoms with Gasteiger partial charge in [-0.15, -0.1) is 10.2 Å². The van der Waals surface area contributed by atoms with Crippen molar-refractivity contribution >= 4 is 17.6 Å². The molecule has 9 nitrogen and oxygen atoms in total. The molecular weight excluding hydrogens is 470 g/mol. The molecule has 37 heavy (non-hydrogen) atoms. The molecule has 0 N–H and O–H groups in total. The molecule has 4 rings (SSSR count). The number of ether oxygens (including phenoxy) is 1. The predicted molar refractivity (Wildman–Crippen MR) is 141 cm³/mol. The van der Waals surface area contributed by atoms with Crippen molar-refractivity contribution in [1.29, 1.82) is 0 Å². The number of hydrogen-bond donors (Lipinski definition) is 0. The number of amides is 2. The third kappa shape index (κ3) is 6.67. The first-order valence-electron chi connectivity index (χ1n) is 12.8. The lowest BCUT2D eigenvalue weighted by Gasteiger charge is -2.28. The fourth-order valence-corrected chi connectivity index (χ4v) is 4.37. The minimum absolute atomic E-state index is 0.0406. The molecule has 3 heterocycles. The first-order valence-corrected chi connectivity index (χ1v) is 12.8. The van der Waals surface area contributed by atoms with Gasteiger partial charge >= 0.3 is 0 Å². The molecule has 1 saturated heterocycles. The molecule has 1 atom stereocenters. The highest BCUT2D eigenvalue weighted by Gasteiger charge is 2.26. The summed E-state index contributed by atoms with van der Waals surface area (Å²) in [6, 6.07) is 15.0. The SMILES string of the molecule is CC[C@@H](C)CN(CC(=O)N1CCCN(c2ccc(-c3cccc(OC)c3)nn2)CC1)C(=O)c1ccco1. The van der Waals surface area contributed by atoms with Crippen LogP contribution in [-0.4, -0.2) is 78.2 Å². The summed E-state index contributed by atoms with van der Waals surface area (Å²) >= 11 is 0. The number of furan rings is 1. The maximum absolute atomic E-state index is 13.2. The van der Waals surface area contributed by atoms with Gasteiger partial charge in [0.2, 0.25) is 5.91 Å². The van der Waals surface area contributed by atoms with E-state index in [0.29, 0.717) is 26.2 Å². The Morgan fingerprint density at radius 1 is 1.08 bits per heavy atom. The number of nitrogens with zero attached hydrogens (tertiary/aromatic N) is 5. The van der Waals surface area contributed by atoms with Crippen molar-refractivity contribution in [2.45, 2.75) is 26.7 Å². The van der Waals surface area contributed by atoms with Crippen molar-refractivity contribution in [3.63, 3.8) is 0 Å². The fraction of sp³-hybridized carbons (Fsp3) is 0.429. The minimum Gasteiger partial charge on any atom is -0.497 e. The van der Waals surface area contributed by atoms with Crippen molar-refractivity contribution in [2.75, 3.05) is 51.3 Å². The molecule has 0 aliphatic carbocycles. The lowest BCUT2D eigenvalue weighted by Crippen LogP contribution is -2.45. The number of carbonyl (C=O) groups is 2. The van der Waals surface area contributed by atoms with E-state index in [0.717, 1.165) is 42.2 Å². The molecular formula is C28H35N5O4. The maximum Gasteiger partial charge on any atom is 0.290 e. The van der Waals surface area contributed by atoms with E-state index in [-0.39, 0.29) is 30.0 Å². The summed E-state index contributed by atoms with van der Waals surface area (Å²) in [6.45, 7) is 7.33. The third-order valence-corrected chi connectivity index (χ3v) is 6.76. The molecule has 0 radical (unpaired) electrons. The number of methoxy groups -OCH3 is 1. The van der Waals surface area contributed by atoms with Crippen LogP contribution < -0.4 is 9.64 Å². The smallest absolute Gasteiger partial charge is 0.290 e. The number of aromatic nitrogens is 2. The molecule has 1 aromatic carbocycles. The van der Waals surface area contributed by atoms with Crippen LogP contribution in [0.2, 0.25) is 0 Å². The molecule has 0 spiro atoms. The molecule has 0 bridgehead atoms. The standard InChI is InChI=1S/C28H35N5O4/c1-4-21(2)19-33(28(35)25-10-6-17-37-25)20-27(34)32-14-7-13-31(15-16-32)26-12-11-24(29-30-26)22-8-5-9-23(18-22)36-3/h5-6,8-12,17-18,21H,4,7,13-16,19-20H2,1-3H3/t21-/m1/s1. The summed E-state index contributed by atoms with van der Waals surface area (Å²) in [4.78, 5) is 31.8. The average Bonchev–Trinajstić information content (AvgIpc) is 3.36. The van der Waals surface area contributed by atoms with Gasteiger partial charge in [-0.1, -0.05) is 32.4 Å². The fourth-order valence-electron chi connectivity index (χ4n) is 4.37. The Balaban J connectivity index is 1.38. The summed E-state index contributed by atoms with van der Waals surface area (Å²) in [5, 5.41) is 8.88. The number of rotatable bonds is 9. The van der Waals surface area contributed by atoms with E-state index in [1.54, 1.807) is 24.1 Å². The van der Waals surface area contributed by atoms with Crippen LogP contribution in [0.25, 0.3) is 11.3 Å². The topological polar surface area (TPSA) is 92.0 Å². The molecule has 9 heteroatoms. The van der Waals surface area contributed by atoms with E-state index in [9.17, 15) is 9.59 Å². The monoisotopic (exact) mass is 505 g/mol. The molecule has 1 aliphatic heterocycles. The van der Waals surface area contributed by atoms with Gasteiger partial charge in [0.1, 0.15) is 12.3 Å². The third-order valence-electron chi connectivity index (χ3n) is 6.76. The van der Waals surface area contributed by atoms with Gasteiger partial charge in [-0.3, -0.25) is 9.59 Å². The summed E-state index contributed by atoms with van der Waals surface area (Å²) < 4.78 is 10.6. The Kier molecular flexibility index (Phi) is 8.77. The number of anilines is 1. The molecule has 2 aromatic heterocycles. The first-order chi connectivity index (χ1) is 18.0. The Morgan fingerprint density at radius 2 is 1.95 bits per heavy atom. The van der Waals surface area contributed by atoms with Gasteiger partial charge in [0.05, 0.1) is 19.1 Å². The Bertz CT molecular complexity index is 1170. The van der Waals surface area contributed by atoms with Crippen LogP contribution in [0.15, 0.2) is 59.2 Å². The van der Waals surface area contributed by atoms with Gasteiger partial charge in [-0.25, -0.2) is 0 Å². The second-order valence-corrected chi connectivity index (χ2v) is 9.41.